The molecule has 0 bridgehead atoms. The molecule has 1 fully saturated rings. The van der Waals surface area contributed by atoms with Crippen LogP contribution in [0.15, 0.2) is 64.7 Å². The smallest absolute Gasteiger partial charge is 0.301 e. The number of aromatic nitrogens is 1. The molecule has 32 heavy (non-hydrogen) atoms. The van der Waals surface area contributed by atoms with E-state index in [1.807, 2.05) is 6.92 Å². The van der Waals surface area contributed by atoms with Crippen molar-refractivity contribution >= 4 is 34.9 Å². The second-order valence-electron chi connectivity index (χ2n) is 7.39. The zero-order chi connectivity index (χ0) is 22.8. The van der Waals surface area contributed by atoms with E-state index in [-0.39, 0.29) is 17.2 Å². The number of carbonyl (C=O) groups is 2. The van der Waals surface area contributed by atoms with Crippen LogP contribution in [-0.2, 0) is 9.59 Å². The maximum atomic E-state index is 13.1. The summed E-state index contributed by atoms with van der Waals surface area (Å²) in [5, 5.41) is 15.5. The SMILES string of the molecule is CCCOc1ccc(C2/C(=C(\O)c3ccc(Cl)cc3)C(=O)C(=O)N2c2cc(C)on2)cc1. The first-order valence-corrected chi connectivity index (χ1v) is 10.5. The molecule has 0 radical (unpaired) electrons. The van der Waals surface area contributed by atoms with Gasteiger partial charge in [-0.05, 0) is 55.3 Å². The fourth-order valence-electron chi connectivity index (χ4n) is 3.58. The maximum Gasteiger partial charge on any atom is 0.301 e. The lowest BCUT2D eigenvalue weighted by Gasteiger charge is -2.23. The second kappa shape index (κ2) is 8.88. The molecule has 0 spiro atoms. The zero-order valence-electron chi connectivity index (χ0n) is 17.5. The van der Waals surface area contributed by atoms with E-state index >= 15 is 0 Å². The highest BCUT2D eigenvalue weighted by atomic mass is 35.5. The summed E-state index contributed by atoms with van der Waals surface area (Å²) < 4.78 is 10.8. The maximum absolute atomic E-state index is 13.1. The molecule has 1 aliphatic heterocycles. The van der Waals surface area contributed by atoms with Crippen molar-refractivity contribution in [2.75, 3.05) is 11.5 Å². The monoisotopic (exact) mass is 452 g/mol. The molecule has 4 rings (SSSR count). The summed E-state index contributed by atoms with van der Waals surface area (Å²) >= 11 is 5.95. The molecule has 1 aliphatic rings. The molecule has 1 atom stereocenters. The summed E-state index contributed by atoms with van der Waals surface area (Å²) in [4.78, 5) is 27.3. The topological polar surface area (TPSA) is 92.9 Å². The van der Waals surface area contributed by atoms with Gasteiger partial charge in [0, 0.05) is 16.7 Å². The molecule has 1 aromatic heterocycles. The van der Waals surface area contributed by atoms with Gasteiger partial charge in [-0.3, -0.25) is 14.5 Å². The van der Waals surface area contributed by atoms with Crippen molar-refractivity contribution in [3.63, 3.8) is 0 Å². The third-order valence-electron chi connectivity index (χ3n) is 5.09. The van der Waals surface area contributed by atoms with Gasteiger partial charge in [-0.15, -0.1) is 0 Å². The molecule has 1 unspecified atom stereocenters. The number of halogens is 1. The summed E-state index contributed by atoms with van der Waals surface area (Å²) in [5.74, 6) is -0.557. The minimum absolute atomic E-state index is 0.0415. The van der Waals surface area contributed by atoms with Crippen LogP contribution in [0.25, 0.3) is 5.76 Å². The van der Waals surface area contributed by atoms with Gasteiger partial charge in [-0.2, -0.15) is 0 Å². The number of amides is 1. The minimum atomic E-state index is -0.893. The predicted octanol–water partition coefficient (Wildman–Crippen LogP) is 5.05. The first-order valence-electron chi connectivity index (χ1n) is 10.1. The van der Waals surface area contributed by atoms with Gasteiger partial charge < -0.3 is 14.4 Å². The number of Topliss-reactive ketones (excluding diaryl/α,β-unsaturated/α-hetero) is 1. The lowest BCUT2D eigenvalue weighted by Crippen LogP contribution is -2.29. The van der Waals surface area contributed by atoms with Crippen LogP contribution in [0.4, 0.5) is 5.82 Å². The average Bonchev–Trinajstić information content (AvgIpc) is 3.33. The largest absolute Gasteiger partial charge is 0.507 e. The summed E-state index contributed by atoms with van der Waals surface area (Å²) in [5.41, 5.74) is 0.945. The van der Waals surface area contributed by atoms with Crippen LogP contribution >= 0.6 is 11.6 Å². The molecule has 1 amide bonds. The van der Waals surface area contributed by atoms with Crippen molar-refractivity contribution < 1.29 is 24.0 Å². The molecule has 1 N–H and O–H groups in total. The number of ketones is 1. The van der Waals surface area contributed by atoms with Crippen molar-refractivity contribution in [1.29, 1.82) is 0 Å². The highest BCUT2D eigenvalue weighted by molar-refractivity contribution is 6.51. The summed E-state index contributed by atoms with van der Waals surface area (Å²) in [6.45, 7) is 4.28. The average molecular weight is 453 g/mol. The van der Waals surface area contributed by atoms with Gasteiger partial charge in [-0.25, -0.2) is 0 Å². The van der Waals surface area contributed by atoms with Crippen LogP contribution in [0.5, 0.6) is 5.75 Å². The number of rotatable bonds is 6. The zero-order valence-corrected chi connectivity index (χ0v) is 18.3. The number of aliphatic hydroxyl groups is 1. The van der Waals surface area contributed by atoms with E-state index in [0.717, 1.165) is 6.42 Å². The molecular weight excluding hydrogens is 432 g/mol. The molecule has 164 valence electrons. The van der Waals surface area contributed by atoms with Gasteiger partial charge in [0.15, 0.2) is 5.82 Å². The van der Waals surface area contributed by atoms with Gasteiger partial charge >= 0.3 is 5.91 Å². The number of aryl methyl sites for hydroxylation is 1. The van der Waals surface area contributed by atoms with E-state index in [1.54, 1.807) is 61.5 Å². The molecule has 7 nitrogen and oxygen atoms in total. The van der Waals surface area contributed by atoms with Crippen molar-refractivity contribution in [3.8, 4) is 5.75 Å². The Labute approximate surface area is 189 Å². The van der Waals surface area contributed by atoms with Gasteiger partial charge in [0.2, 0.25) is 0 Å². The Hall–Kier alpha value is -3.58. The molecular formula is C24H21ClN2O5. The van der Waals surface area contributed by atoms with Gasteiger partial charge in [0.1, 0.15) is 17.3 Å². The number of ether oxygens (including phenoxy) is 1. The highest BCUT2D eigenvalue weighted by Crippen LogP contribution is 2.42. The molecule has 0 aliphatic carbocycles. The third-order valence-corrected chi connectivity index (χ3v) is 5.35. The Morgan fingerprint density at radius 3 is 2.44 bits per heavy atom. The molecule has 8 heteroatoms. The molecule has 1 saturated heterocycles. The Morgan fingerprint density at radius 2 is 1.84 bits per heavy atom. The number of aliphatic hydroxyl groups excluding tert-OH is 1. The first kappa shape index (κ1) is 21.6. The van der Waals surface area contributed by atoms with E-state index in [4.69, 9.17) is 20.9 Å². The normalized spacial score (nSPS) is 17.7. The van der Waals surface area contributed by atoms with E-state index in [0.29, 0.717) is 34.3 Å². The lowest BCUT2D eigenvalue weighted by molar-refractivity contribution is -0.132. The van der Waals surface area contributed by atoms with Gasteiger partial charge in [0.05, 0.1) is 18.2 Å². The number of nitrogens with zero attached hydrogens (tertiary/aromatic N) is 2. The van der Waals surface area contributed by atoms with Crippen LogP contribution in [-0.4, -0.2) is 28.6 Å². The van der Waals surface area contributed by atoms with E-state index < -0.39 is 17.7 Å². The number of hydrogen-bond donors (Lipinski definition) is 1. The van der Waals surface area contributed by atoms with E-state index in [9.17, 15) is 14.7 Å². The van der Waals surface area contributed by atoms with Crippen LogP contribution < -0.4 is 9.64 Å². The van der Waals surface area contributed by atoms with Crippen LogP contribution in [0, 0.1) is 6.92 Å². The first-order chi connectivity index (χ1) is 15.4. The molecule has 0 saturated carbocycles. The Kier molecular flexibility index (Phi) is 6.01. The van der Waals surface area contributed by atoms with Crippen molar-refractivity contribution in [3.05, 3.63) is 82.1 Å². The summed E-state index contributed by atoms with van der Waals surface area (Å²) in [6, 6.07) is 14.1. The van der Waals surface area contributed by atoms with Gasteiger partial charge in [-0.1, -0.05) is 35.8 Å². The number of benzene rings is 2. The highest BCUT2D eigenvalue weighted by Gasteiger charge is 2.48. The molecule has 3 aromatic rings. The number of hydrogen-bond acceptors (Lipinski definition) is 6. The number of anilines is 1. The summed E-state index contributed by atoms with van der Waals surface area (Å²) in [6.07, 6.45) is 0.870. The second-order valence-corrected chi connectivity index (χ2v) is 7.83. The van der Waals surface area contributed by atoms with Crippen LogP contribution in [0.1, 0.15) is 36.3 Å². The number of carbonyl (C=O) groups excluding carboxylic acids is 2. The Morgan fingerprint density at radius 1 is 1.16 bits per heavy atom. The van der Waals surface area contributed by atoms with E-state index in [1.165, 1.54) is 4.90 Å². The minimum Gasteiger partial charge on any atom is -0.507 e. The Balaban J connectivity index is 1.85. The molecule has 2 heterocycles. The standard InChI is InChI=1S/C24H21ClN2O5/c1-3-12-31-18-10-6-15(7-11-18)21-20(22(28)16-4-8-17(25)9-5-16)23(29)24(30)27(21)19-13-14(2)32-26-19/h4-11,13,21,28H,3,12H2,1-2H3/b22-20+. The lowest BCUT2D eigenvalue weighted by atomic mass is 9.95. The quantitative estimate of drug-likeness (QED) is 0.319. The van der Waals surface area contributed by atoms with Crippen LogP contribution in [0.3, 0.4) is 0 Å². The van der Waals surface area contributed by atoms with Crippen molar-refractivity contribution in [2.24, 2.45) is 0 Å². The fraction of sp³-hybridized carbons (Fsp3) is 0.208. The van der Waals surface area contributed by atoms with Crippen molar-refractivity contribution in [1.82, 2.24) is 5.16 Å². The van der Waals surface area contributed by atoms with Crippen molar-refractivity contribution in [2.45, 2.75) is 26.3 Å². The van der Waals surface area contributed by atoms with E-state index in [2.05, 4.69) is 5.16 Å². The predicted molar refractivity (Wildman–Crippen MR) is 120 cm³/mol. The molecule has 2 aromatic carbocycles. The third kappa shape index (κ3) is 3.99. The van der Waals surface area contributed by atoms with Crippen LogP contribution in [0.2, 0.25) is 5.02 Å². The summed E-state index contributed by atoms with van der Waals surface area (Å²) in [7, 11) is 0. The Bertz CT molecular complexity index is 1180. The van der Waals surface area contributed by atoms with Gasteiger partial charge in [0.25, 0.3) is 5.78 Å². The fourth-order valence-corrected chi connectivity index (χ4v) is 3.71.